The second kappa shape index (κ2) is 11.8. The highest BCUT2D eigenvalue weighted by Crippen LogP contribution is 2.39. The van der Waals surface area contributed by atoms with Crippen LogP contribution in [-0.4, -0.2) is 29.8 Å². The summed E-state index contributed by atoms with van der Waals surface area (Å²) in [5, 5.41) is 10.9. The number of benzene rings is 2. The number of nitrogens with one attached hydrogen (secondary N) is 3. The largest absolute Gasteiger partial charge is 0.497 e. The predicted octanol–water partition coefficient (Wildman–Crippen LogP) is 6.76. The molecule has 1 aliphatic carbocycles. The van der Waals surface area contributed by atoms with Crippen LogP contribution in [-0.2, 0) is 12.8 Å². The van der Waals surface area contributed by atoms with Crippen molar-refractivity contribution in [3.63, 3.8) is 0 Å². The Labute approximate surface area is 238 Å². The van der Waals surface area contributed by atoms with Gasteiger partial charge in [0, 0.05) is 33.2 Å². The van der Waals surface area contributed by atoms with Crippen LogP contribution in [0.25, 0.3) is 5.00 Å². The fraction of sp³-hybridized carbons (Fsp3) is 0.258. The predicted molar refractivity (Wildman–Crippen MR) is 162 cm³/mol. The highest BCUT2D eigenvalue weighted by molar-refractivity contribution is 7.15. The van der Waals surface area contributed by atoms with Crippen LogP contribution in [0.5, 0.6) is 5.75 Å². The number of ether oxygens (including phenoxy) is 1. The Morgan fingerprint density at radius 3 is 2.35 bits per heavy atom. The molecule has 0 bridgehead atoms. The molecular weight excluding hydrogens is 522 g/mol. The van der Waals surface area contributed by atoms with Crippen molar-refractivity contribution in [3.05, 3.63) is 93.1 Å². The third-order valence-corrected chi connectivity index (χ3v) is 8.36. The van der Waals surface area contributed by atoms with Gasteiger partial charge in [0.1, 0.15) is 10.8 Å². The Morgan fingerprint density at radius 2 is 1.62 bits per heavy atom. The standard InChI is InChI=1S/C31H33N5O3S/c1-19-9-11-23(12-10-19)33-29(37)28-26-7-5-6-8-27(26)40-30(28)36-20(2)17-22(21(36)3)18-32-35-31(38)34-24-13-15-25(39-4)16-14-24/h9-18H,5-8H2,1-4H3,(H,33,37)(H2,34,35,38)/b32-18+. The van der Waals surface area contributed by atoms with Crippen LogP contribution in [0.2, 0.25) is 0 Å². The molecule has 2 aromatic heterocycles. The molecule has 2 heterocycles. The molecule has 0 spiro atoms. The molecule has 3 amide bonds. The number of aryl methyl sites for hydroxylation is 3. The number of amides is 3. The third kappa shape index (κ3) is 5.79. The van der Waals surface area contributed by atoms with Gasteiger partial charge in [-0.1, -0.05) is 17.7 Å². The maximum Gasteiger partial charge on any atom is 0.339 e. The topological polar surface area (TPSA) is 96.8 Å². The van der Waals surface area contributed by atoms with Crippen molar-refractivity contribution in [2.24, 2.45) is 5.10 Å². The minimum Gasteiger partial charge on any atom is -0.497 e. The Kier molecular flexibility index (Phi) is 8.02. The number of anilines is 2. The summed E-state index contributed by atoms with van der Waals surface area (Å²) in [7, 11) is 1.59. The van der Waals surface area contributed by atoms with Gasteiger partial charge >= 0.3 is 6.03 Å². The van der Waals surface area contributed by atoms with E-state index in [1.54, 1.807) is 48.9 Å². The molecule has 0 saturated heterocycles. The zero-order valence-electron chi connectivity index (χ0n) is 23.1. The first-order valence-corrected chi connectivity index (χ1v) is 14.1. The first-order valence-electron chi connectivity index (χ1n) is 13.3. The number of hydrogen-bond acceptors (Lipinski definition) is 5. The summed E-state index contributed by atoms with van der Waals surface area (Å²) in [5.74, 6) is 0.625. The maximum absolute atomic E-state index is 13.7. The van der Waals surface area contributed by atoms with Crippen molar-refractivity contribution >= 4 is 40.9 Å². The van der Waals surface area contributed by atoms with E-state index in [1.165, 1.54) is 4.88 Å². The SMILES string of the molecule is COc1ccc(NC(=O)N/N=C/c2cc(C)n(-c3sc4c(c3C(=O)Nc3ccc(C)cc3)CCCC4)c2C)cc1. The lowest BCUT2D eigenvalue weighted by Crippen LogP contribution is -2.24. The van der Waals surface area contributed by atoms with Gasteiger partial charge in [0.05, 0.1) is 18.9 Å². The fourth-order valence-electron chi connectivity index (χ4n) is 5.00. The molecule has 0 atom stereocenters. The van der Waals surface area contributed by atoms with E-state index in [0.717, 1.165) is 70.0 Å². The minimum absolute atomic E-state index is 0.0853. The average Bonchev–Trinajstić information content (AvgIpc) is 3.46. The van der Waals surface area contributed by atoms with Crippen LogP contribution in [0, 0.1) is 20.8 Å². The van der Waals surface area contributed by atoms with Gasteiger partial charge in [0.15, 0.2) is 0 Å². The number of aromatic nitrogens is 1. The Bertz CT molecular complexity index is 1570. The lowest BCUT2D eigenvalue weighted by Gasteiger charge is -2.14. The molecule has 2 aromatic carbocycles. The molecule has 8 nitrogen and oxygen atoms in total. The average molecular weight is 556 g/mol. The van der Waals surface area contributed by atoms with Gasteiger partial charge in [-0.2, -0.15) is 5.10 Å². The van der Waals surface area contributed by atoms with Gasteiger partial charge in [-0.3, -0.25) is 4.79 Å². The number of rotatable bonds is 7. The smallest absolute Gasteiger partial charge is 0.339 e. The normalized spacial score (nSPS) is 12.7. The van der Waals surface area contributed by atoms with Crippen molar-refractivity contribution in [2.45, 2.75) is 46.5 Å². The number of hydrazone groups is 1. The summed E-state index contributed by atoms with van der Waals surface area (Å²) < 4.78 is 7.27. The minimum atomic E-state index is -0.448. The summed E-state index contributed by atoms with van der Waals surface area (Å²) in [6.45, 7) is 6.06. The number of urea groups is 1. The number of methoxy groups -OCH3 is 1. The van der Waals surface area contributed by atoms with Crippen molar-refractivity contribution < 1.29 is 14.3 Å². The molecule has 4 aromatic rings. The Morgan fingerprint density at radius 1 is 0.950 bits per heavy atom. The number of carbonyl (C=O) groups is 2. The van der Waals surface area contributed by atoms with Gasteiger partial charge < -0.3 is 19.9 Å². The monoisotopic (exact) mass is 555 g/mol. The van der Waals surface area contributed by atoms with E-state index in [2.05, 4.69) is 25.7 Å². The highest BCUT2D eigenvalue weighted by Gasteiger charge is 2.28. The summed E-state index contributed by atoms with van der Waals surface area (Å²) in [4.78, 5) is 27.3. The van der Waals surface area contributed by atoms with Crippen LogP contribution in [0.3, 0.4) is 0 Å². The summed E-state index contributed by atoms with van der Waals surface area (Å²) in [6, 6.07) is 16.5. The van der Waals surface area contributed by atoms with Gasteiger partial charge in [0.2, 0.25) is 0 Å². The highest BCUT2D eigenvalue weighted by atomic mass is 32.1. The molecule has 0 fully saturated rings. The van der Waals surface area contributed by atoms with Crippen LogP contribution < -0.4 is 20.8 Å². The zero-order valence-corrected chi connectivity index (χ0v) is 23.9. The van der Waals surface area contributed by atoms with Gasteiger partial charge in [-0.25, -0.2) is 10.2 Å². The van der Waals surface area contributed by atoms with Crippen LogP contribution >= 0.6 is 11.3 Å². The van der Waals surface area contributed by atoms with E-state index in [4.69, 9.17) is 4.74 Å². The van der Waals surface area contributed by atoms with Crippen LogP contribution in [0.15, 0.2) is 59.7 Å². The van der Waals surface area contributed by atoms with Crippen molar-refractivity contribution in [1.29, 1.82) is 0 Å². The van der Waals surface area contributed by atoms with Crippen LogP contribution in [0.1, 0.15) is 56.2 Å². The molecule has 40 heavy (non-hydrogen) atoms. The molecule has 1 aliphatic rings. The number of fused-ring (bicyclic) bond motifs is 1. The Balaban J connectivity index is 1.38. The lowest BCUT2D eigenvalue weighted by molar-refractivity contribution is 0.102. The third-order valence-electron chi connectivity index (χ3n) is 7.08. The molecule has 3 N–H and O–H groups in total. The molecule has 0 aliphatic heterocycles. The molecule has 9 heteroatoms. The van der Waals surface area contributed by atoms with E-state index in [-0.39, 0.29) is 5.91 Å². The van der Waals surface area contributed by atoms with Gasteiger partial charge in [0.25, 0.3) is 5.91 Å². The first-order chi connectivity index (χ1) is 19.3. The molecule has 0 saturated carbocycles. The molecular formula is C31H33N5O3S. The van der Waals surface area contributed by atoms with Crippen molar-refractivity contribution in [2.75, 3.05) is 17.7 Å². The van der Waals surface area contributed by atoms with Crippen molar-refractivity contribution in [1.82, 2.24) is 9.99 Å². The lowest BCUT2D eigenvalue weighted by atomic mass is 9.95. The maximum atomic E-state index is 13.7. The molecule has 0 radical (unpaired) electrons. The van der Waals surface area contributed by atoms with E-state index in [1.807, 2.05) is 51.1 Å². The Hall–Kier alpha value is -4.37. The van der Waals surface area contributed by atoms with Gasteiger partial charge in [-0.05, 0) is 94.5 Å². The van der Waals surface area contributed by atoms with Crippen LogP contribution in [0.4, 0.5) is 16.2 Å². The fourth-order valence-corrected chi connectivity index (χ4v) is 6.50. The van der Waals surface area contributed by atoms with E-state index >= 15 is 0 Å². The number of thiophene rings is 1. The second-order valence-electron chi connectivity index (χ2n) is 9.93. The first kappa shape index (κ1) is 27.2. The summed E-state index contributed by atoms with van der Waals surface area (Å²) >= 11 is 1.70. The number of nitrogens with zero attached hydrogens (tertiary/aromatic N) is 2. The molecule has 5 rings (SSSR count). The second-order valence-corrected chi connectivity index (χ2v) is 11.0. The molecule has 0 unspecified atom stereocenters. The summed E-state index contributed by atoms with van der Waals surface area (Å²) in [6.07, 6.45) is 5.75. The van der Waals surface area contributed by atoms with E-state index in [0.29, 0.717) is 11.4 Å². The number of hydrogen-bond donors (Lipinski definition) is 3. The summed E-state index contributed by atoms with van der Waals surface area (Å²) in [5.41, 5.74) is 9.79. The number of carbonyl (C=O) groups excluding carboxylic acids is 2. The van der Waals surface area contributed by atoms with Crippen molar-refractivity contribution in [3.8, 4) is 10.8 Å². The molecule has 206 valence electrons. The van der Waals surface area contributed by atoms with E-state index < -0.39 is 6.03 Å². The quantitative estimate of drug-likeness (QED) is 0.174. The van der Waals surface area contributed by atoms with E-state index in [9.17, 15) is 9.59 Å². The van der Waals surface area contributed by atoms with Gasteiger partial charge in [-0.15, -0.1) is 11.3 Å². The zero-order chi connectivity index (χ0) is 28.2.